The number of methoxy groups -OCH3 is 3. The summed E-state index contributed by atoms with van der Waals surface area (Å²) in [5.74, 6) is 1.37. The quantitative estimate of drug-likeness (QED) is 0.755. The van der Waals surface area contributed by atoms with Crippen LogP contribution in [0.25, 0.3) is 0 Å². The molecule has 0 fully saturated rings. The highest BCUT2D eigenvalue weighted by atomic mass is 32.2. The van der Waals surface area contributed by atoms with Crippen LogP contribution in [0.5, 0.6) is 17.2 Å². The molecule has 22 heavy (non-hydrogen) atoms. The van der Waals surface area contributed by atoms with Crippen molar-refractivity contribution in [3.05, 3.63) is 17.7 Å². The van der Waals surface area contributed by atoms with Gasteiger partial charge in [0.05, 0.1) is 21.3 Å². The molecule has 0 saturated carbocycles. The zero-order chi connectivity index (χ0) is 16.9. The second-order valence-corrected chi connectivity index (χ2v) is 6.85. The standard InChI is InChI=1S/C15H23NO5S/c1-15(2,13(16)14(17)18)22-8-10-11(20-4)6-9(19-3)7-12(10)21-5/h6-7,13H,8,16H2,1-5H3,(H,17,18)/t13-/m0/s1. The summed E-state index contributed by atoms with van der Waals surface area (Å²) in [4.78, 5) is 11.1. The van der Waals surface area contributed by atoms with Crippen LogP contribution in [-0.4, -0.2) is 43.2 Å². The molecular weight excluding hydrogens is 306 g/mol. The molecule has 0 aliphatic rings. The van der Waals surface area contributed by atoms with Gasteiger partial charge >= 0.3 is 5.97 Å². The highest BCUT2D eigenvalue weighted by Gasteiger charge is 2.33. The van der Waals surface area contributed by atoms with Crippen LogP contribution in [0, 0.1) is 0 Å². The lowest BCUT2D eigenvalue weighted by atomic mass is 10.1. The molecule has 1 atom stereocenters. The summed E-state index contributed by atoms with van der Waals surface area (Å²) in [6, 6.07) is 2.57. The molecule has 1 rings (SSSR count). The third-order valence-corrected chi connectivity index (χ3v) is 4.85. The van der Waals surface area contributed by atoms with E-state index in [9.17, 15) is 4.79 Å². The van der Waals surface area contributed by atoms with Crippen LogP contribution in [0.4, 0.5) is 0 Å². The third-order valence-electron chi connectivity index (χ3n) is 3.42. The predicted molar refractivity (Wildman–Crippen MR) is 87.1 cm³/mol. The average molecular weight is 329 g/mol. The number of hydrogen-bond donors (Lipinski definition) is 2. The fourth-order valence-corrected chi connectivity index (χ4v) is 2.95. The number of carboxylic acids is 1. The summed E-state index contributed by atoms with van der Waals surface area (Å²) >= 11 is 1.43. The second-order valence-electron chi connectivity index (χ2n) is 5.22. The zero-order valence-corrected chi connectivity index (χ0v) is 14.3. The lowest BCUT2D eigenvalue weighted by Gasteiger charge is -2.28. The molecule has 0 unspecified atom stereocenters. The minimum absolute atomic E-state index is 0.504. The molecule has 0 radical (unpaired) electrons. The number of carbonyl (C=O) groups is 1. The molecule has 0 aliphatic heterocycles. The Morgan fingerprint density at radius 3 is 2.09 bits per heavy atom. The van der Waals surface area contributed by atoms with E-state index in [1.165, 1.54) is 11.8 Å². The summed E-state index contributed by atoms with van der Waals surface area (Å²) in [7, 11) is 4.70. The maximum atomic E-state index is 11.1. The van der Waals surface area contributed by atoms with Crippen LogP contribution in [0.1, 0.15) is 19.4 Å². The number of aliphatic carboxylic acids is 1. The Morgan fingerprint density at radius 1 is 1.23 bits per heavy atom. The summed E-state index contributed by atoms with van der Waals surface area (Å²) < 4.78 is 15.3. The van der Waals surface area contributed by atoms with Crippen molar-refractivity contribution >= 4 is 17.7 Å². The lowest BCUT2D eigenvalue weighted by Crippen LogP contribution is -2.46. The van der Waals surface area contributed by atoms with Crippen molar-refractivity contribution in [2.24, 2.45) is 5.73 Å². The monoisotopic (exact) mass is 329 g/mol. The predicted octanol–water partition coefficient (Wildman–Crippen LogP) is 2.14. The normalized spacial score (nSPS) is 12.6. The minimum atomic E-state index is -1.02. The first-order valence-electron chi connectivity index (χ1n) is 6.68. The maximum absolute atomic E-state index is 11.1. The SMILES string of the molecule is COc1cc(OC)c(CSC(C)(C)[C@@H](N)C(=O)O)c(OC)c1. The maximum Gasteiger partial charge on any atom is 0.321 e. The number of hydrogen-bond acceptors (Lipinski definition) is 6. The molecular formula is C15H23NO5S. The van der Waals surface area contributed by atoms with E-state index in [0.717, 1.165) is 5.56 Å². The second kappa shape index (κ2) is 7.60. The third kappa shape index (κ3) is 4.20. The molecule has 0 aliphatic carbocycles. The molecule has 124 valence electrons. The van der Waals surface area contributed by atoms with Crippen LogP contribution in [-0.2, 0) is 10.5 Å². The Balaban J connectivity index is 3.04. The molecule has 0 saturated heterocycles. The van der Waals surface area contributed by atoms with Gasteiger partial charge in [0.2, 0.25) is 0 Å². The fraction of sp³-hybridized carbons (Fsp3) is 0.533. The molecule has 3 N–H and O–H groups in total. The van der Waals surface area contributed by atoms with Crippen molar-refractivity contribution in [1.82, 2.24) is 0 Å². The van der Waals surface area contributed by atoms with E-state index in [2.05, 4.69) is 0 Å². The van der Waals surface area contributed by atoms with E-state index in [4.69, 9.17) is 25.1 Å². The first-order valence-corrected chi connectivity index (χ1v) is 7.66. The van der Waals surface area contributed by atoms with Crippen molar-refractivity contribution in [1.29, 1.82) is 0 Å². The number of thioether (sulfide) groups is 1. The highest BCUT2D eigenvalue weighted by Crippen LogP contribution is 2.40. The van der Waals surface area contributed by atoms with Gasteiger partial charge < -0.3 is 25.1 Å². The van der Waals surface area contributed by atoms with Crippen LogP contribution < -0.4 is 19.9 Å². The Bertz CT molecular complexity index is 508. The summed E-state index contributed by atoms with van der Waals surface area (Å²) in [5, 5.41) is 9.08. The molecule has 7 heteroatoms. The van der Waals surface area contributed by atoms with Gasteiger partial charge in [-0.15, -0.1) is 11.8 Å². The Labute approximate surface area is 134 Å². The first kappa shape index (κ1) is 18.4. The van der Waals surface area contributed by atoms with Gasteiger partial charge in [0.15, 0.2) is 0 Å². The van der Waals surface area contributed by atoms with Crippen molar-refractivity contribution in [3.8, 4) is 17.2 Å². The van der Waals surface area contributed by atoms with E-state index in [0.29, 0.717) is 23.0 Å². The number of nitrogens with two attached hydrogens (primary N) is 1. The van der Waals surface area contributed by atoms with Gasteiger partial charge in [-0.1, -0.05) is 0 Å². The molecule has 6 nitrogen and oxygen atoms in total. The molecule has 0 heterocycles. The molecule has 0 spiro atoms. The van der Waals surface area contributed by atoms with E-state index < -0.39 is 16.8 Å². The fourth-order valence-electron chi connectivity index (χ4n) is 1.87. The van der Waals surface area contributed by atoms with E-state index in [-0.39, 0.29) is 0 Å². The lowest BCUT2D eigenvalue weighted by molar-refractivity contribution is -0.139. The largest absolute Gasteiger partial charge is 0.496 e. The average Bonchev–Trinajstić information content (AvgIpc) is 2.50. The van der Waals surface area contributed by atoms with Crippen molar-refractivity contribution in [3.63, 3.8) is 0 Å². The van der Waals surface area contributed by atoms with Gasteiger partial charge in [0, 0.05) is 28.2 Å². The summed E-state index contributed by atoms with van der Waals surface area (Å²) in [6.45, 7) is 3.61. The van der Waals surface area contributed by atoms with Crippen molar-refractivity contribution in [2.75, 3.05) is 21.3 Å². The smallest absolute Gasteiger partial charge is 0.321 e. The first-order chi connectivity index (χ1) is 10.3. The van der Waals surface area contributed by atoms with Crippen LogP contribution >= 0.6 is 11.8 Å². The van der Waals surface area contributed by atoms with Crippen LogP contribution in [0.3, 0.4) is 0 Å². The minimum Gasteiger partial charge on any atom is -0.496 e. The van der Waals surface area contributed by atoms with E-state index >= 15 is 0 Å². The molecule has 0 aromatic heterocycles. The van der Waals surface area contributed by atoms with Crippen molar-refractivity contribution in [2.45, 2.75) is 30.4 Å². The van der Waals surface area contributed by atoms with Gasteiger partial charge in [0.1, 0.15) is 23.3 Å². The highest BCUT2D eigenvalue weighted by molar-refractivity contribution is 7.99. The molecule has 1 aromatic rings. The van der Waals surface area contributed by atoms with Crippen LogP contribution in [0.15, 0.2) is 12.1 Å². The number of ether oxygens (including phenoxy) is 3. The Morgan fingerprint density at radius 2 is 1.73 bits per heavy atom. The van der Waals surface area contributed by atoms with Gasteiger partial charge in [0.25, 0.3) is 0 Å². The summed E-state index contributed by atoms with van der Waals surface area (Å²) in [6.07, 6.45) is 0. The number of carboxylic acid groups (broad SMARTS) is 1. The zero-order valence-electron chi connectivity index (χ0n) is 13.5. The number of rotatable bonds is 8. The molecule has 1 aromatic carbocycles. The van der Waals surface area contributed by atoms with Crippen LogP contribution in [0.2, 0.25) is 0 Å². The van der Waals surface area contributed by atoms with E-state index in [1.807, 2.05) is 0 Å². The topological polar surface area (TPSA) is 91.0 Å². The van der Waals surface area contributed by atoms with Crippen molar-refractivity contribution < 1.29 is 24.1 Å². The Hall–Kier alpha value is -1.60. The van der Waals surface area contributed by atoms with Gasteiger partial charge in [-0.05, 0) is 13.8 Å². The summed E-state index contributed by atoms with van der Waals surface area (Å²) in [5.41, 5.74) is 6.58. The van der Waals surface area contributed by atoms with Gasteiger partial charge in [-0.2, -0.15) is 0 Å². The number of benzene rings is 1. The van der Waals surface area contributed by atoms with E-state index in [1.54, 1.807) is 47.3 Å². The Kier molecular flexibility index (Phi) is 6.37. The molecule has 0 amide bonds. The van der Waals surface area contributed by atoms with Gasteiger partial charge in [-0.3, -0.25) is 4.79 Å². The van der Waals surface area contributed by atoms with Gasteiger partial charge in [-0.25, -0.2) is 0 Å². The molecule has 0 bridgehead atoms.